The zero-order valence-electron chi connectivity index (χ0n) is 11.0. The first-order valence-corrected chi connectivity index (χ1v) is 7.34. The molecule has 0 bridgehead atoms. The third-order valence-corrected chi connectivity index (χ3v) is 4.17. The van der Waals surface area contributed by atoms with E-state index in [0.29, 0.717) is 4.99 Å². The first-order chi connectivity index (χ1) is 9.11. The fraction of sp³-hybridized carbons (Fsp3) is 0.286. The third kappa shape index (κ3) is 3.30. The summed E-state index contributed by atoms with van der Waals surface area (Å²) >= 11 is 6.54. The smallest absolute Gasteiger partial charge is 0.124 e. The van der Waals surface area contributed by atoms with Crippen molar-refractivity contribution >= 4 is 28.5 Å². The van der Waals surface area contributed by atoms with Crippen molar-refractivity contribution in [2.75, 3.05) is 6.61 Å². The van der Waals surface area contributed by atoms with Gasteiger partial charge in [0.05, 0.1) is 17.2 Å². The Kier molecular flexibility index (Phi) is 4.50. The average Bonchev–Trinajstić information content (AvgIpc) is 2.79. The maximum atomic E-state index is 5.67. The Morgan fingerprint density at radius 3 is 2.58 bits per heavy atom. The van der Waals surface area contributed by atoms with Crippen LogP contribution in [0.3, 0.4) is 0 Å². The first-order valence-electron chi connectivity index (χ1n) is 6.12. The van der Waals surface area contributed by atoms with E-state index in [1.807, 2.05) is 31.2 Å². The number of rotatable bonds is 5. The van der Waals surface area contributed by atoms with Gasteiger partial charge in [-0.2, -0.15) is 0 Å². The zero-order valence-corrected chi connectivity index (χ0v) is 12.6. The summed E-state index contributed by atoms with van der Waals surface area (Å²) in [6.45, 7) is 4.75. The van der Waals surface area contributed by atoms with Crippen LogP contribution in [-0.2, 0) is 0 Å². The molecule has 0 saturated heterocycles. The fourth-order valence-corrected chi connectivity index (χ4v) is 2.86. The molecule has 0 radical (unpaired) electrons. The molecule has 0 saturated carbocycles. The Labute approximate surface area is 122 Å². The summed E-state index contributed by atoms with van der Waals surface area (Å²) in [5.41, 5.74) is 7.61. The minimum absolute atomic E-state index is 0.407. The van der Waals surface area contributed by atoms with Crippen LogP contribution in [0.5, 0.6) is 5.75 Å². The highest BCUT2D eigenvalue weighted by atomic mass is 32.1. The standard InChI is InChI=1S/C14H16N2OS2/c1-3-8-17-11-6-4-10(5-7-11)14-16-9(2)12(19-14)13(15)18/h4-7H,3,8H2,1-2H3,(H2,15,18). The molecule has 0 atom stereocenters. The monoisotopic (exact) mass is 292 g/mol. The van der Waals surface area contributed by atoms with E-state index in [4.69, 9.17) is 22.7 Å². The van der Waals surface area contributed by atoms with E-state index >= 15 is 0 Å². The second-order valence-corrected chi connectivity index (χ2v) is 5.61. The molecule has 0 aliphatic carbocycles. The maximum Gasteiger partial charge on any atom is 0.124 e. The molecular formula is C14H16N2OS2. The third-order valence-electron chi connectivity index (χ3n) is 2.59. The van der Waals surface area contributed by atoms with Crippen LogP contribution in [-0.4, -0.2) is 16.6 Å². The highest BCUT2D eigenvalue weighted by Crippen LogP contribution is 2.29. The van der Waals surface area contributed by atoms with Crippen molar-refractivity contribution in [1.82, 2.24) is 4.98 Å². The molecule has 100 valence electrons. The summed E-state index contributed by atoms with van der Waals surface area (Å²) in [6.07, 6.45) is 1.00. The number of ether oxygens (including phenoxy) is 1. The van der Waals surface area contributed by atoms with E-state index in [1.165, 1.54) is 11.3 Å². The van der Waals surface area contributed by atoms with Crippen LogP contribution in [0.2, 0.25) is 0 Å². The number of thiocarbonyl (C=S) groups is 1. The van der Waals surface area contributed by atoms with Crippen LogP contribution in [0.4, 0.5) is 0 Å². The minimum atomic E-state index is 0.407. The predicted octanol–water partition coefficient (Wildman–Crippen LogP) is 3.54. The van der Waals surface area contributed by atoms with Crippen molar-refractivity contribution in [1.29, 1.82) is 0 Å². The second-order valence-electron chi connectivity index (χ2n) is 4.17. The van der Waals surface area contributed by atoms with Crippen LogP contribution in [0.1, 0.15) is 23.9 Å². The van der Waals surface area contributed by atoms with E-state index < -0.39 is 0 Å². The van der Waals surface area contributed by atoms with Gasteiger partial charge in [-0.05, 0) is 37.6 Å². The summed E-state index contributed by atoms with van der Waals surface area (Å²) in [4.78, 5) is 5.80. The molecule has 19 heavy (non-hydrogen) atoms. The van der Waals surface area contributed by atoms with Gasteiger partial charge in [0.25, 0.3) is 0 Å². The van der Waals surface area contributed by atoms with Crippen molar-refractivity contribution in [3.63, 3.8) is 0 Å². The maximum absolute atomic E-state index is 5.67. The van der Waals surface area contributed by atoms with Gasteiger partial charge in [0.1, 0.15) is 15.7 Å². The zero-order chi connectivity index (χ0) is 13.8. The summed E-state index contributed by atoms with van der Waals surface area (Å²) in [5.74, 6) is 0.883. The van der Waals surface area contributed by atoms with Gasteiger partial charge in [-0.25, -0.2) is 4.98 Å². The normalized spacial score (nSPS) is 10.4. The Hall–Kier alpha value is -1.46. The van der Waals surface area contributed by atoms with E-state index in [9.17, 15) is 0 Å². The number of nitrogens with zero attached hydrogens (tertiary/aromatic N) is 1. The van der Waals surface area contributed by atoms with E-state index in [0.717, 1.165) is 39.9 Å². The van der Waals surface area contributed by atoms with Crippen LogP contribution in [0.15, 0.2) is 24.3 Å². The van der Waals surface area contributed by atoms with Gasteiger partial charge in [-0.15, -0.1) is 11.3 Å². The first kappa shape index (κ1) is 14.0. The molecule has 1 aromatic carbocycles. The predicted molar refractivity (Wildman–Crippen MR) is 84.0 cm³/mol. The largest absolute Gasteiger partial charge is 0.494 e. The van der Waals surface area contributed by atoms with Gasteiger partial charge in [-0.3, -0.25) is 0 Å². The lowest BCUT2D eigenvalue weighted by Gasteiger charge is -2.04. The summed E-state index contributed by atoms with van der Waals surface area (Å²) < 4.78 is 5.56. The number of hydrogen-bond acceptors (Lipinski definition) is 4. The Bertz CT molecular complexity index is 576. The minimum Gasteiger partial charge on any atom is -0.494 e. The van der Waals surface area contributed by atoms with E-state index in [-0.39, 0.29) is 0 Å². The lowest BCUT2D eigenvalue weighted by Crippen LogP contribution is -2.08. The molecule has 2 aromatic rings. The number of benzene rings is 1. The number of aryl methyl sites for hydroxylation is 1. The van der Waals surface area contributed by atoms with Crippen LogP contribution < -0.4 is 10.5 Å². The molecule has 0 aliphatic rings. The van der Waals surface area contributed by atoms with Crippen LogP contribution >= 0.6 is 23.6 Å². The van der Waals surface area contributed by atoms with Crippen molar-refractivity contribution in [2.24, 2.45) is 5.73 Å². The number of hydrogen-bond donors (Lipinski definition) is 1. The molecule has 2 rings (SSSR count). The van der Waals surface area contributed by atoms with Crippen molar-refractivity contribution in [3.05, 3.63) is 34.8 Å². The highest BCUT2D eigenvalue weighted by molar-refractivity contribution is 7.81. The van der Waals surface area contributed by atoms with Crippen molar-refractivity contribution in [2.45, 2.75) is 20.3 Å². The molecule has 0 amide bonds. The summed E-state index contributed by atoms with van der Waals surface area (Å²) in [6, 6.07) is 7.93. The molecular weight excluding hydrogens is 276 g/mol. The Morgan fingerprint density at radius 1 is 1.37 bits per heavy atom. The van der Waals surface area contributed by atoms with Crippen molar-refractivity contribution in [3.8, 4) is 16.3 Å². The molecule has 1 heterocycles. The van der Waals surface area contributed by atoms with Gasteiger partial charge in [-0.1, -0.05) is 19.1 Å². The quantitative estimate of drug-likeness (QED) is 0.856. The lowest BCUT2D eigenvalue weighted by molar-refractivity contribution is 0.317. The Morgan fingerprint density at radius 2 is 2.05 bits per heavy atom. The topological polar surface area (TPSA) is 48.1 Å². The van der Waals surface area contributed by atoms with Gasteiger partial charge in [0.2, 0.25) is 0 Å². The molecule has 5 heteroatoms. The summed E-state index contributed by atoms with van der Waals surface area (Å²) in [5, 5.41) is 0.933. The molecule has 0 unspecified atom stereocenters. The second kappa shape index (κ2) is 6.12. The van der Waals surface area contributed by atoms with Crippen LogP contribution in [0, 0.1) is 6.92 Å². The lowest BCUT2D eigenvalue weighted by atomic mass is 10.2. The molecule has 0 spiro atoms. The Balaban J connectivity index is 2.22. The van der Waals surface area contributed by atoms with E-state index in [1.54, 1.807) is 0 Å². The number of nitrogens with two attached hydrogens (primary N) is 1. The molecule has 0 fully saturated rings. The van der Waals surface area contributed by atoms with Gasteiger partial charge in [0, 0.05) is 5.56 Å². The molecule has 3 nitrogen and oxygen atoms in total. The van der Waals surface area contributed by atoms with Crippen molar-refractivity contribution < 1.29 is 4.74 Å². The molecule has 0 aliphatic heterocycles. The fourth-order valence-electron chi connectivity index (χ4n) is 1.66. The molecule has 2 N–H and O–H groups in total. The highest BCUT2D eigenvalue weighted by Gasteiger charge is 2.11. The average molecular weight is 292 g/mol. The van der Waals surface area contributed by atoms with Gasteiger partial charge in [0.15, 0.2) is 0 Å². The van der Waals surface area contributed by atoms with Gasteiger partial charge < -0.3 is 10.5 Å². The summed E-state index contributed by atoms with van der Waals surface area (Å²) in [7, 11) is 0. The number of thiazole rings is 1. The van der Waals surface area contributed by atoms with Crippen LogP contribution in [0.25, 0.3) is 10.6 Å². The number of aromatic nitrogens is 1. The SMILES string of the molecule is CCCOc1ccc(-c2nc(C)c(C(N)=S)s2)cc1. The van der Waals surface area contributed by atoms with Gasteiger partial charge >= 0.3 is 0 Å². The molecule has 1 aromatic heterocycles. The van der Waals surface area contributed by atoms with E-state index in [2.05, 4.69) is 11.9 Å².